The highest BCUT2D eigenvalue weighted by atomic mass is 16.2. The maximum absolute atomic E-state index is 12.3. The molecule has 1 fully saturated rings. The fourth-order valence-electron chi connectivity index (χ4n) is 3.27. The van der Waals surface area contributed by atoms with Crippen LogP contribution < -0.4 is 5.32 Å². The van der Waals surface area contributed by atoms with Crippen LogP contribution >= 0.6 is 0 Å². The predicted octanol–water partition coefficient (Wildman–Crippen LogP) is 1.79. The summed E-state index contributed by atoms with van der Waals surface area (Å²) in [5.41, 5.74) is 2.97. The van der Waals surface area contributed by atoms with Gasteiger partial charge in [-0.25, -0.2) is 0 Å². The maximum atomic E-state index is 12.3. The highest BCUT2D eigenvalue weighted by molar-refractivity contribution is 6.07. The smallest absolute Gasteiger partial charge is 0.237 e. The number of fused-ring (bicyclic) bond motifs is 2. The number of aromatic nitrogens is 1. The second-order valence-corrected chi connectivity index (χ2v) is 5.59. The number of pyridine rings is 1. The van der Waals surface area contributed by atoms with Crippen LogP contribution in [-0.4, -0.2) is 28.9 Å². The first kappa shape index (κ1) is 11.6. The number of nitrogens with one attached hydrogen (secondary N) is 1. The van der Waals surface area contributed by atoms with Crippen LogP contribution in [0.5, 0.6) is 0 Å². The van der Waals surface area contributed by atoms with Crippen molar-refractivity contribution >= 4 is 11.6 Å². The molecule has 2 aliphatic rings. The van der Waals surface area contributed by atoms with Crippen molar-refractivity contribution in [2.45, 2.75) is 12.0 Å². The Morgan fingerprint density at radius 1 is 1.20 bits per heavy atom. The topological polar surface area (TPSA) is 45.2 Å². The average molecular weight is 265 g/mol. The number of amides is 1. The zero-order chi connectivity index (χ0) is 13.6. The Balaban J connectivity index is 1.54. The Labute approximate surface area is 117 Å². The molecule has 0 bridgehead atoms. The van der Waals surface area contributed by atoms with E-state index in [1.807, 2.05) is 30.5 Å². The molecular weight excluding hydrogens is 250 g/mol. The number of benzene rings is 1. The molecule has 2 aliphatic heterocycles. The second-order valence-electron chi connectivity index (χ2n) is 5.59. The summed E-state index contributed by atoms with van der Waals surface area (Å²) < 4.78 is 0. The molecule has 4 nitrogen and oxygen atoms in total. The van der Waals surface area contributed by atoms with Crippen molar-refractivity contribution in [1.82, 2.24) is 9.88 Å². The van der Waals surface area contributed by atoms with Crippen molar-refractivity contribution in [2.75, 3.05) is 18.4 Å². The highest BCUT2D eigenvalue weighted by Crippen LogP contribution is 2.44. The minimum absolute atomic E-state index is 0.140. The van der Waals surface area contributed by atoms with Gasteiger partial charge >= 0.3 is 0 Å². The Hall–Kier alpha value is -2.20. The SMILES string of the molecule is O=C1Nc2ccccc2C12CN(Cc1cccnc1)C2. The van der Waals surface area contributed by atoms with Gasteiger partial charge in [-0.2, -0.15) is 0 Å². The predicted molar refractivity (Wildman–Crippen MR) is 76.3 cm³/mol. The first-order chi connectivity index (χ1) is 9.78. The minimum atomic E-state index is -0.335. The number of carbonyl (C=O) groups excluding carboxylic acids is 1. The molecule has 1 aromatic carbocycles. The molecule has 0 aliphatic carbocycles. The Morgan fingerprint density at radius 3 is 2.85 bits per heavy atom. The standard InChI is InChI=1S/C16H15N3O/c20-15-16(13-5-1-2-6-14(13)18-15)10-19(11-16)9-12-4-3-7-17-8-12/h1-8H,9-11H2,(H,18,20). The molecule has 100 valence electrons. The normalized spacial score (nSPS) is 19.5. The summed E-state index contributed by atoms with van der Waals surface area (Å²) in [5, 5.41) is 3.00. The lowest BCUT2D eigenvalue weighted by molar-refractivity contribution is -0.127. The van der Waals surface area contributed by atoms with Gasteiger partial charge in [-0.15, -0.1) is 0 Å². The van der Waals surface area contributed by atoms with E-state index < -0.39 is 0 Å². The molecule has 2 aromatic rings. The molecule has 1 spiro atoms. The third kappa shape index (κ3) is 1.58. The van der Waals surface area contributed by atoms with Gasteiger partial charge in [-0.1, -0.05) is 24.3 Å². The maximum Gasteiger partial charge on any atom is 0.237 e. The molecule has 20 heavy (non-hydrogen) atoms. The van der Waals surface area contributed by atoms with Crippen molar-refractivity contribution in [3.63, 3.8) is 0 Å². The molecule has 0 unspecified atom stereocenters. The van der Waals surface area contributed by atoms with Crippen molar-refractivity contribution in [2.24, 2.45) is 0 Å². The fourth-order valence-corrected chi connectivity index (χ4v) is 3.27. The second kappa shape index (κ2) is 4.15. The van der Waals surface area contributed by atoms with E-state index in [9.17, 15) is 4.79 Å². The van der Waals surface area contributed by atoms with E-state index in [2.05, 4.69) is 27.3 Å². The number of anilines is 1. The van der Waals surface area contributed by atoms with Gasteiger partial charge in [0.05, 0.1) is 0 Å². The van der Waals surface area contributed by atoms with Gasteiger partial charge in [0, 0.05) is 37.7 Å². The Bertz CT molecular complexity index is 662. The molecule has 4 rings (SSSR count). The summed E-state index contributed by atoms with van der Waals surface area (Å²) in [6.45, 7) is 2.42. The minimum Gasteiger partial charge on any atom is -0.325 e. The van der Waals surface area contributed by atoms with E-state index in [1.54, 1.807) is 6.20 Å². The van der Waals surface area contributed by atoms with Gasteiger partial charge in [0.2, 0.25) is 5.91 Å². The number of rotatable bonds is 2. The third-order valence-corrected chi connectivity index (χ3v) is 4.24. The molecule has 1 amide bonds. The lowest BCUT2D eigenvalue weighted by atomic mass is 9.74. The molecule has 3 heterocycles. The van der Waals surface area contributed by atoms with Crippen LogP contribution in [0.1, 0.15) is 11.1 Å². The van der Waals surface area contributed by atoms with Crippen LogP contribution in [-0.2, 0) is 16.8 Å². The summed E-state index contributed by atoms with van der Waals surface area (Å²) in [6.07, 6.45) is 3.66. The van der Waals surface area contributed by atoms with Crippen molar-refractivity contribution < 1.29 is 4.79 Å². The van der Waals surface area contributed by atoms with Crippen LogP contribution in [0.15, 0.2) is 48.8 Å². The highest BCUT2D eigenvalue weighted by Gasteiger charge is 2.54. The van der Waals surface area contributed by atoms with E-state index in [0.29, 0.717) is 0 Å². The van der Waals surface area contributed by atoms with Crippen LogP contribution in [0, 0.1) is 0 Å². The third-order valence-electron chi connectivity index (χ3n) is 4.24. The van der Waals surface area contributed by atoms with Gasteiger partial charge in [-0.05, 0) is 23.3 Å². The summed E-state index contributed by atoms with van der Waals surface area (Å²) >= 11 is 0. The van der Waals surface area contributed by atoms with Gasteiger partial charge in [0.15, 0.2) is 0 Å². The fraction of sp³-hybridized carbons (Fsp3) is 0.250. The van der Waals surface area contributed by atoms with Crippen LogP contribution in [0.25, 0.3) is 0 Å². The van der Waals surface area contributed by atoms with Crippen molar-refractivity contribution in [3.05, 3.63) is 59.9 Å². The first-order valence-corrected chi connectivity index (χ1v) is 6.80. The molecule has 0 radical (unpaired) electrons. The van der Waals surface area contributed by atoms with E-state index >= 15 is 0 Å². The summed E-state index contributed by atoms with van der Waals surface area (Å²) in [6, 6.07) is 12.0. The van der Waals surface area contributed by atoms with E-state index in [0.717, 1.165) is 30.9 Å². The van der Waals surface area contributed by atoms with Crippen LogP contribution in [0.4, 0.5) is 5.69 Å². The Morgan fingerprint density at radius 2 is 2.05 bits per heavy atom. The number of hydrogen-bond acceptors (Lipinski definition) is 3. The zero-order valence-corrected chi connectivity index (χ0v) is 11.0. The number of carbonyl (C=O) groups is 1. The van der Waals surface area contributed by atoms with Gasteiger partial charge in [0.25, 0.3) is 0 Å². The van der Waals surface area contributed by atoms with Crippen LogP contribution in [0.2, 0.25) is 0 Å². The van der Waals surface area contributed by atoms with Gasteiger partial charge in [-0.3, -0.25) is 14.7 Å². The summed E-state index contributed by atoms with van der Waals surface area (Å²) in [7, 11) is 0. The molecule has 0 atom stereocenters. The molecule has 0 saturated carbocycles. The van der Waals surface area contributed by atoms with Gasteiger partial charge < -0.3 is 5.32 Å². The van der Waals surface area contributed by atoms with Crippen molar-refractivity contribution in [1.29, 1.82) is 0 Å². The van der Waals surface area contributed by atoms with Crippen LogP contribution in [0.3, 0.4) is 0 Å². The molecular formula is C16H15N3O. The van der Waals surface area contributed by atoms with Crippen molar-refractivity contribution in [3.8, 4) is 0 Å². The quantitative estimate of drug-likeness (QED) is 0.900. The average Bonchev–Trinajstić information content (AvgIpc) is 2.73. The lowest BCUT2D eigenvalue weighted by Crippen LogP contribution is -2.62. The largest absolute Gasteiger partial charge is 0.325 e. The molecule has 1 aromatic heterocycles. The van der Waals surface area contributed by atoms with E-state index in [1.165, 1.54) is 5.56 Å². The van der Waals surface area contributed by atoms with E-state index in [4.69, 9.17) is 0 Å². The van der Waals surface area contributed by atoms with Gasteiger partial charge in [0.1, 0.15) is 5.41 Å². The van der Waals surface area contributed by atoms with E-state index in [-0.39, 0.29) is 11.3 Å². The zero-order valence-electron chi connectivity index (χ0n) is 11.0. The number of likely N-dealkylation sites (tertiary alicyclic amines) is 1. The number of hydrogen-bond donors (Lipinski definition) is 1. The summed E-state index contributed by atoms with van der Waals surface area (Å²) in [5.74, 6) is 0.140. The number of nitrogens with zero attached hydrogens (tertiary/aromatic N) is 2. The number of para-hydroxylation sites is 1. The molecule has 4 heteroatoms. The monoisotopic (exact) mass is 265 g/mol. The lowest BCUT2D eigenvalue weighted by Gasteiger charge is -2.46. The molecule has 1 N–H and O–H groups in total. The first-order valence-electron chi connectivity index (χ1n) is 6.80. The molecule has 1 saturated heterocycles. The Kier molecular flexibility index (Phi) is 2.41. The summed E-state index contributed by atoms with van der Waals surface area (Å²) in [4.78, 5) is 18.7.